The van der Waals surface area contributed by atoms with Crippen LogP contribution in [0.3, 0.4) is 0 Å². The van der Waals surface area contributed by atoms with Crippen LogP contribution in [0.2, 0.25) is 0 Å². The number of aliphatic hydroxyl groups is 1. The lowest BCUT2D eigenvalue weighted by atomic mass is 10.1. The van der Waals surface area contributed by atoms with Crippen molar-refractivity contribution >= 4 is 28.8 Å². The van der Waals surface area contributed by atoms with Crippen molar-refractivity contribution in [2.45, 2.75) is 32.0 Å². The van der Waals surface area contributed by atoms with E-state index in [1.165, 1.54) is 20.6 Å². The fourth-order valence-electron chi connectivity index (χ4n) is 5.13. The largest absolute Gasteiger partial charge is 0.486 e. The molecule has 3 aromatic rings. The summed E-state index contributed by atoms with van der Waals surface area (Å²) >= 11 is 0. The van der Waals surface area contributed by atoms with Crippen LogP contribution in [-0.4, -0.2) is 82.8 Å². The maximum atomic E-state index is 14.4. The van der Waals surface area contributed by atoms with Crippen LogP contribution in [0.4, 0.5) is 13.6 Å². The minimum atomic E-state index is -1.38. The van der Waals surface area contributed by atoms with Crippen LogP contribution >= 0.6 is 0 Å². The van der Waals surface area contributed by atoms with E-state index in [-0.39, 0.29) is 43.8 Å². The third kappa shape index (κ3) is 5.64. The van der Waals surface area contributed by atoms with E-state index in [2.05, 4.69) is 5.32 Å². The van der Waals surface area contributed by atoms with Crippen LogP contribution in [0, 0.1) is 11.6 Å². The molecule has 222 valence electrons. The quantitative estimate of drug-likeness (QED) is 0.454. The lowest BCUT2D eigenvalue weighted by molar-refractivity contribution is -0.134. The number of benzene rings is 2. The van der Waals surface area contributed by atoms with E-state index >= 15 is 0 Å². The Balaban J connectivity index is 1.28. The van der Waals surface area contributed by atoms with Crippen molar-refractivity contribution < 1.29 is 37.7 Å². The Kier molecular flexibility index (Phi) is 8.39. The van der Waals surface area contributed by atoms with E-state index in [1.54, 1.807) is 6.92 Å². The Labute approximate surface area is 239 Å². The van der Waals surface area contributed by atoms with E-state index in [0.29, 0.717) is 19.0 Å². The molecule has 42 heavy (non-hydrogen) atoms. The molecule has 3 heterocycles. The summed E-state index contributed by atoms with van der Waals surface area (Å²) in [6.07, 6.45) is 1.15. The molecule has 0 bridgehead atoms. The molecular weight excluding hydrogens is 554 g/mol. The summed E-state index contributed by atoms with van der Waals surface area (Å²) in [5, 5.41) is 12.1. The molecule has 2 atom stereocenters. The van der Waals surface area contributed by atoms with E-state index in [1.807, 2.05) is 30.3 Å². The van der Waals surface area contributed by atoms with Gasteiger partial charge in [0.15, 0.2) is 11.6 Å². The standard InChI is InChI=1S/C29H30F2N4O7/c1-17-15-41-26-23(31)21(30)12-19-24(26)35(17)13-20(25(19)37)27(38)32-22(14-36)28(39)33-8-5-9-34(11-10-33)29(40)42-16-18-6-3-2-4-7-18/h2-4,6-7,12-13,17,22,36H,5,8-11,14-16H2,1H3,(H,32,38). The molecule has 1 aromatic heterocycles. The highest BCUT2D eigenvalue weighted by Crippen LogP contribution is 2.35. The average molecular weight is 585 g/mol. The van der Waals surface area contributed by atoms with Crippen molar-refractivity contribution in [3.05, 3.63) is 75.6 Å². The molecule has 2 aliphatic heterocycles. The number of hydrogen-bond donors (Lipinski definition) is 2. The molecular formula is C29H30F2N4O7. The highest BCUT2D eigenvalue weighted by atomic mass is 19.2. The molecule has 0 saturated carbocycles. The summed E-state index contributed by atoms with van der Waals surface area (Å²) in [5.41, 5.74) is -0.405. The number of halogens is 2. The molecule has 5 rings (SSSR count). The van der Waals surface area contributed by atoms with Gasteiger partial charge in [-0.05, 0) is 25.0 Å². The number of nitrogens with one attached hydrogen (secondary N) is 1. The predicted molar refractivity (Wildman–Crippen MR) is 146 cm³/mol. The van der Waals surface area contributed by atoms with Crippen LogP contribution in [0.1, 0.15) is 35.3 Å². The van der Waals surface area contributed by atoms with Gasteiger partial charge in [-0.15, -0.1) is 0 Å². The third-order valence-corrected chi connectivity index (χ3v) is 7.41. The number of carbonyl (C=O) groups is 3. The summed E-state index contributed by atoms with van der Waals surface area (Å²) in [6.45, 7) is 2.01. The molecule has 2 unspecified atom stereocenters. The maximum absolute atomic E-state index is 14.4. The fourth-order valence-corrected chi connectivity index (χ4v) is 5.13. The molecule has 2 aliphatic rings. The van der Waals surface area contributed by atoms with Gasteiger partial charge in [-0.1, -0.05) is 30.3 Å². The second-order valence-corrected chi connectivity index (χ2v) is 10.3. The first-order valence-corrected chi connectivity index (χ1v) is 13.5. The molecule has 0 radical (unpaired) electrons. The third-order valence-electron chi connectivity index (χ3n) is 7.41. The van der Waals surface area contributed by atoms with Crippen molar-refractivity contribution in [2.75, 3.05) is 39.4 Å². The normalized spacial score (nSPS) is 17.3. The van der Waals surface area contributed by atoms with Gasteiger partial charge in [-0.25, -0.2) is 9.18 Å². The molecule has 2 N–H and O–H groups in total. The maximum Gasteiger partial charge on any atom is 0.410 e. The van der Waals surface area contributed by atoms with Gasteiger partial charge in [0, 0.05) is 32.4 Å². The van der Waals surface area contributed by atoms with Gasteiger partial charge in [0.2, 0.25) is 17.2 Å². The van der Waals surface area contributed by atoms with Gasteiger partial charge in [0.25, 0.3) is 5.91 Å². The van der Waals surface area contributed by atoms with Crippen LogP contribution < -0.4 is 15.5 Å². The summed E-state index contributed by atoms with van der Waals surface area (Å²) < 4.78 is 40.8. The van der Waals surface area contributed by atoms with Crippen molar-refractivity contribution in [3.63, 3.8) is 0 Å². The van der Waals surface area contributed by atoms with E-state index < -0.39 is 65.0 Å². The fraction of sp³-hybridized carbons (Fsp3) is 0.379. The molecule has 3 amide bonds. The summed E-state index contributed by atoms with van der Waals surface area (Å²) in [4.78, 5) is 55.2. The predicted octanol–water partition coefficient (Wildman–Crippen LogP) is 2.19. The highest BCUT2D eigenvalue weighted by Gasteiger charge is 2.32. The number of carbonyl (C=O) groups excluding carboxylic acids is 3. The second kappa shape index (κ2) is 12.1. The van der Waals surface area contributed by atoms with Crippen LogP contribution in [0.25, 0.3) is 10.9 Å². The lowest BCUT2D eigenvalue weighted by Gasteiger charge is -2.28. The molecule has 0 aliphatic carbocycles. The number of pyridine rings is 1. The van der Waals surface area contributed by atoms with Crippen molar-refractivity contribution in [1.82, 2.24) is 19.7 Å². The monoisotopic (exact) mass is 584 g/mol. The minimum absolute atomic E-state index is 0.0179. The lowest BCUT2D eigenvalue weighted by Crippen LogP contribution is -2.52. The number of nitrogens with zero attached hydrogens (tertiary/aromatic N) is 3. The molecule has 11 nitrogen and oxygen atoms in total. The summed E-state index contributed by atoms with van der Waals surface area (Å²) in [6, 6.07) is 8.15. The van der Waals surface area contributed by atoms with Crippen LogP contribution in [-0.2, 0) is 16.1 Å². The van der Waals surface area contributed by atoms with Crippen LogP contribution in [0.5, 0.6) is 5.75 Å². The SMILES string of the molecule is CC1COc2c(F)c(F)cc3c(=O)c(C(=O)NC(CO)C(=O)N4CCCN(C(=O)OCc5ccccc5)CC4)cn1c23. The van der Waals surface area contributed by atoms with E-state index in [0.717, 1.165) is 5.56 Å². The first kappa shape index (κ1) is 29.0. The second-order valence-electron chi connectivity index (χ2n) is 10.3. The topological polar surface area (TPSA) is 130 Å². The number of aromatic nitrogens is 1. The van der Waals surface area contributed by atoms with Gasteiger partial charge in [0.05, 0.1) is 23.6 Å². The summed E-state index contributed by atoms with van der Waals surface area (Å²) in [7, 11) is 0. The van der Waals surface area contributed by atoms with E-state index in [4.69, 9.17) is 9.47 Å². The van der Waals surface area contributed by atoms with Gasteiger partial charge >= 0.3 is 6.09 Å². The zero-order chi connectivity index (χ0) is 30.0. The molecule has 2 aromatic carbocycles. The van der Waals surface area contributed by atoms with Crippen LogP contribution in [0.15, 0.2) is 47.4 Å². The minimum Gasteiger partial charge on any atom is -0.486 e. The first-order valence-electron chi connectivity index (χ1n) is 13.5. The number of aliphatic hydroxyl groups excluding tert-OH is 1. The van der Waals surface area contributed by atoms with Crippen molar-refractivity contribution in [1.29, 1.82) is 0 Å². The number of rotatable bonds is 6. The molecule has 13 heteroatoms. The molecule has 1 saturated heterocycles. The van der Waals surface area contributed by atoms with Gasteiger partial charge in [-0.2, -0.15) is 4.39 Å². The Hall–Kier alpha value is -4.52. The van der Waals surface area contributed by atoms with Gasteiger partial charge < -0.3 is 34.3 Å². The summed E-state index contributed by atoms with van der Waals surface area (Å²) in [5.74, 6) is -4.48. The zero-order valence-electron chi connectivity index (χ0n) is 22.8. The Morgan fingerprint density at radius 1 is 1.12 bits per heavy atom. The van der Waals surface area contributed by atoms with E-state index in [9.17, 15) is 33.1 Å². The Morgan fingerprint density at radius 2 is 1.83 bits per heavy atom. The average Bonchev–Trinajstić information content (AvgIpc) is 3.26. The van der Waals surface area contributed by atoms with Crippen molar-refractivity contribution in [3.8, 4) is 5.75 Å². The smallest absolute Gasteiger partial charge is 0.410 e. The number of ether oxygens (including phenoxy) is 2. The van der Waals surface area contributed by atoms with Gasteiger partial charge in [0.1, 0.15) is 24.8 Å². The molecule has 1 fully saturated rings. The first-order chi connectivity index (χ1) is 20.2. The molecule has 0 spiro atoms. The Bertz CT molecular complexity index is 1580. The number of amides is 3. The highest BCUT2D eigenvalue weighted by molar-refractivity contribution is 6.00. The van der Waals surface area contributed by atoms with Gasteiger partial charge in [-0.3, -0.25) is 14.4 Å². The van der Waals surface area contributed by atoms with Crippen molar-refractivity contribution in [2.24, 2.45) is 0 Å². The zero-order valence-corrected chi connectivity index (χ0v) is 22.8. The number of hydrogen-bond acceptors (Lipinski definition) is 7. The Morgan fingerprint density at radius 3 is 2.57 bits per heavy atom.